The van der Waals surface area contributed by atoms with Crippen LogP contribution in [0.3, 0.4) is 0 Å². The standard InChI is InChI=1S/C17H14F3N3O2/c1-8(2)14-10(17(24)25-3)4-5-12-16(14)21-22-23(12)13-7-9(18)6-11(19)15(13)20/h4-8H,1-3H3. The number of carbonyl (C=O) groups excluding carboxylic acids is 1. The van der Waals surface area contributed by atoms with Crippen LogP contribution in [0.2, 0.25) is 0 Å². The Hall–Kier alpha value is -2.90. The van der Waals surface area contributed by atoms with Gasteiger partial charge in [0.2, 0.25) is 0 Å². The molecule has 0 spiro atoms. The summed E-state index contributed by atoms with van der Waals surface area (Å²) in [6.07, 6.45) is 0. The minimum atomic E-state index is -1.33. The minimum absolute atomic E-state index is 0.114. The molecule has 5 nitrogen and oxygen atoms in total. The van der Waals surface area contributed by atoms with E-state index in [1.807, 2.05) is 13.8 Å². The first-order valence-electron chi connectivity index (χ1n) is 7.46. The smallest absolute Gasteiger partial charge is 0.338 e. The highest BCUT2D eigenvalue weighted by Gasteiger charge is 2.23. The van der Waals surface area contributed by atoms with Crippen molar-refractivity contribution >= 4 is 17.0 Å². The lowest BCUT2D eigenvalue weighted by Gasteiger charge is -2.12. The molecule has 2 aromatic carbocycles. The van der Waals surface area contributed by atoms with E-state index in [9.17, 15) is 18.0 Å². The molecule has 0 saturated heterocycles. The number of nitrogens with zero attached hydrogens (tertiary/aromatic N) is 3. The summed E-state index contributed by atoms with van der Waals surface area (Å²) in [6, 6.07) is 4.26. The molecule has 0 aliphatic heterocycles. The number of fused-ring (bicyclic) bond motifs is 1. The Kier molecular flexibility index (Phi) is 4.20. The third-order valence-corrected chi connectivity index (χ3v) is 3.84. The normalized spacial score (nSPS) is 11.3. The number of hydrogen-bond donors (Lipinski definition) is 0. The lowest BCUT2D eigenvalue weighted by molar-refractivity contribution is 0.0599. The molecule has 0 saturated carbocycles. The molecule has 8 heteroatoms. The van der Waals surface area contributed by atoms with Crippen molar-refractivity contribution in [3.05, 3.63) is 52.8 Å². The van der Waals surface area contributed by atoms with Crippen molar-refractivity contribution in [2.45, 2.75) is 19.8 Å². The number of methoxy groups -OCH3 is 1. The van der Waals surface area contributed by atoms with E-state index < -0.39 is 29.1 Å². The first kappa shape index (κ1) is 16.9. The van der Waals surface area contributed by atoms with Gasteiger partial charge in [-0.05, 0) is 23.6 Å². The van der Waals surface area contributed by atoms with Crippen molar-refractivity contribution in [1.82, 2.24) is 15.0 Å². The molecule has 25 heavy (non-hydrogen) atoms. The van der Waals surface area contributed by atoms with E-state index in [1.165, 1.54) is 19.2 Å². The molecular formula is C17H14F3N3O2. The van der Waals surface area contributed by atoms with Gasteiger partial charge in [0.05, 0.1) is 18.2 Å². The monoisotopic (exact) mass is 349 g/mol. The summed E-state index contributed by atoms with van der Waals surface area (Å²) < 4.78 is 46.9. The third-order valence-electron chi connectivity index (χ3n) is 3.84. The molecule has 0 aliphatic carbocycles. The summed E-state index contributed by atoms with van der Waals surface area (Å²) in [5, 5.41) is 7.81. The van der Waals surface area contributed by atoms with Crippen molar-refractivity contribution < 1.29 is 22.7 Å². The second-order valence-corrected chi connectivity index (χ2v) is 5.76. The zero-order valence-corrected chi connectivity index (χ0v) is 13.7. The van der Waals surface area contributed by atoms with E-state index in [-0.39, 0.29) is 5.92 Å². The molecule has 1 heterocycles. The van der Waals surface area contributed by atoms with Crippen LogP contribution in [0.5, 0.6) is 0 Å². The molecule has 0 N–H and O–H groups in total. The van der Waals surface area contributed by atoms with E-state index in [1.54, 1.807) is 0 Å². The maximum atomic E-state index is 14.1. The molecule has 1 aromatic heterocycles. The Labute approximate surface area is 141 Å². The van der Waals surface area contributed by atoms with E-state index >= 15 is 0 Å². The van der Waals surface area contributed by atoms with Crippen molar-refractivity contribution in [3.8, 4) is 5.69 Å². The summed E-state index contributed by atoms with van der Waals surface area (Å²) in [6.45, 7) is 3.70. The Bertz CT molecular complexity index is 983. The molecule has 0 unspecified atom stereocenters. The highest BCUT2D eigenvalue weighted by atomic mass is 19.2. The number of carbonyl (C=O) groups is 1. The number of benzene rings is 2. The van der Waals surface area contributed by atoms with Gasteiger partial charge in [0.15, 0.2) is 11.6 Å². The topological polar surface area (TPSA) is 57.0 Å². The van der Waals surface area contributed by atoms with Crippen LogP contribution in [0.1, 0.15) is 35.7 Å². The Balaban J connectivity index is 2.32. The zero-order valence-electron chi connectivity index (χ0n) is 13.7. The van der Waals surface area contributed by atoms with Crippen LogP contribution >= 0.6 is 0 Å². The largest absolute Gasteiger partial charge is 0.465 e. The lowest BCUT2D eigenvalue weighted by atomic mass is 9.95. The fourth-order valence-electron chi connectivity index (χ4n) is 2.76. The molecule has 0 radical (unpaired) electrons. The molecule has 0 bridgehead atoms. The summed E-state index contributed by atoms with van der Waals surface area (Å²) in [7, 11) is 1.26. The Morgan fingerprint density at radius 1 is 1.20 bits per heavy atom. The van der Waals surface area contributed by atoms with Crippen LogP contribution in [0, 0.1) is 17.5 Å². The first-order valence-corrected chi connectivity index (χ1v) is 7.46. The minimum Gasteiger partial charge on any atom is -0.465 e. The van der Waals surface area contributed by atoms with Crippen molar-refractivity contribution in [2.24, 2.45) is 0 Å². The van der Waals surface area contributed by atoms with Gasteiger partial charge in [-0.2, -0.15) is 0 Å². The third kappa shape index (κ3) is 2.73. The summed E-state index contributed by atoms with van der Waals surface area (Å²) in [5.74, 6) is -4.15. The average Bonchev–Trinajstić information content (AvgIpc) is 2.99. The number of halogens is 3. The molecule has 130 valence electrons. The van der Waals surface area contributed by atoms with Crippen molar-refractivity contribution in [3.63, 3.8) is 0 Å². The predicted molar refractivity (Wildman–Crippen MR) is 84.2 cm³/mol. The summed E-state index contributed by atoms with van der Waals surface area (Å²) in [5.41, 5.74) is 1.12. The fourth-order valence-corrected chi connectivity index (χ4v) is 2.76. The van der Waals surface area contributed by atoms with Crippen molar-refractivity contribution in [1.29, 1.82) is 0 Å². The van der Waals surface area contributed by atoms with Gasteiger partial charge in [-0.1, -0.05) is 19.1 Å². The van der Waals surface area contributed by atoms with E-state index in [2.05, 4.69) is 10.3 Å². The van der Waals surface area contributed by atoms with E-state index in [4.69, 9.17) is 4.74 Å². The molecule has 0 atom stereocenters. The number of ether oxygens (including phenoxy) is 1. The van der Waals surface area contributed by atoms with Gasteiger partial charge in [0, 0.05) is 12.1 Å². The quantitative estimate of drug-likeness (QED) is 0.534. The maximum Gasteiger partial charge on any atom is 0.338 e. The van der Waals surface area contributed by atoms with Crippen LogP contribution < -0.4 is 0 Å². The van der Waals surface area contributed by atoms with Gasteiger partial charge in [-0.3, -0.25) is 0 Å². The van der Waals surface area contributed by atoms with Crippen LogP contribution in [-0.2, 0) is 4.74 Å². The first-order chi connectivity index (χ1) is 11.8. The fraction of sp³-hybridized carbons (Fsp3) is 0.235. The van der Waals surface area contributed by atoms with Crippen LogP contribution in [0.25, 0.3) is 16.7 Å². The van der Waals surface area contributed by atoms with Gasteiger partial charge in [0.1, 0.15) is 17.0 Å². The number of hydrogen-bond acceptors (Lipinski definition) is 4. The molecular weight excluding hydrogens is 335 g/mol. The highest BCUT2D eigenvalue weighted by Crippen LogP contribution is 2.30. The second kappa shape index (κ2) is 6.19. The lowest BCUT2D eigenvalue weighted by Crippen LogP contribution is -2.08. The summed E-state index contributed by atoms with van der Waals surface area (Å²) >= 11 is 0. The second-order valence-electron chi connectivity index (χ2n) is 5.76. The van der Waals surface area contributed by atoms with Gasteiger partial charge in [-0.15, -0.1) is 5.10 Å². The van der Waals surface area contributed by atoms with E-state index in [0.717, 1.165) is 10.7 Å². The molecule has 0 amide bonds. The highest BCUT2D eigenvalue weighted by molar-refractivity contribution is 5.97. The van der Waals surface area contributed by atoms with Crippen LogP contribution in [0.15, 0.2) is 24.3 Å². The van der Waals surface area contributed by atoms with Crippen LogP contribution in [0.4, 0.5) is 13.2 Å². The number of esters is 1. The van der Waals surface area contributed by atoms with Gasteiger partial charge in [0.25, 0.3) is 0 Å². The number of rotatable bonds is 3. The van der Waals surface area contributed by atoms with Gasteiger partial charge < -0.3 is 4.74 Å². The van der Waals surface area contributed by atoms with E-state index in [0.29, 0.717) is 28.2 Å². The predicted octanol–water partition coefficient (Wildman–Crippen LogP) is 3.75. The van der Waals surface area contributed by atoms with Crippen LogP contribution in [-0.4, -0.2) is 28.1 Å². The average molecular weight is 349 g/mol. The molecule has 0 aliphatic rings. The van der Waals surface area contributed by atoms with Gasteiger partial charge >= 0.3 is 5.97 Å². The number of aromatic nitrogens is 3. The molecule has 3 rings (SSSR count). The molecule has 3 aromatic rings. The maximum absolute atomic E-state index is 14.1. The Morgan fingerprint density at radius 3 is 2.56 bits per heavy atom. The van der Waals surface area contributed by atoms with Gasteiger partial charge in [-0.25, -0.2) is 22.6 Å². The Morgan fingerprint density at radius 2 is 1.92 bits per heavy atom. The SMILES string of the molecule is COC(=O)c1ccc2c(nnn2-c2cc(F)cc(F)c2F)c1C(C)C. The van der Waals surface area contributed by atoms with Crippen molar-refractivity contribution in [2.75, 3.05) is 7.11 Å². The summed E-state index contributed by atoms with van der Waals surface area (Å²) in [4.78, 5) is 12.0. The zero-order chi connectivity index (χ0) is 18.3. The molecule has 0 fully saturated rings.